The number of rotatable bonds is 4. The van der Waals surface area contributed by atoms with Gasteiger partial charge in [-0.25, -0.2) is 0 Å². The third-order valence-corrected chi connectivity index (χ3v) is 2.42. The molecule has 0 aliphatic heterocycles. The Morgan fingerprint density at radius 2 is 2.00 bits per heavy atom. The number of ether oxygens (including phenoxy) is 1. The van der Waals surface area contributed by atoms with E-state index in [4.69, 9.17) is 5.73 Å². The van der Waals surface area contributed by atoms with Crippen molar-refractivity contribution in [2.45, 2.75) is 13.3 Å². The van der Waals surface area contributed by atoms with Gasteiger partial charge in [-0.1, -0.05) is 29.8 Å². The first kappa shape index (κ1) is 11.7. The summed E-state index contributed by atoms with van der Waals surface area (Å²) in [5.41, 5.74) is 7.85. The van der Waals surface area contributed by atoms with Gasteiger partial charge in [0.15, 0.2) is 0 Å². The number of hydrogen-bond acceptors (Lipinski definition) is 3. The molecule has 0 aliphatic carbocycles. The van der Waals surface area contributed by atoms with Crippen LogP contribution >= 0.6 is 0 Å². The summed E-state index contributed by atoms with van der Waals surface area (Å²) in [4.78, 5) is 11.3. The van der Waals surface area contributed by atoms with Crippen LogP contribution in [-0.4, -0.2) is 19.6 Å². The van der Waals surface area contributed by atoms with Crippen LogP contribution in [0.5, 0.6) is 0 Å². The molecule has 15 heavy (non-hydrogen) atoms. The molecule has 0 heterocycles. The van der Waals surface area contributed by atoms with Crippen LogP contribution in [0.3, 0.4) is 0 Å². The largest absolute Gasteiger partial charge is 0.469 e. The van der Waals surface area contributed by atoms with E-state index in [0.717, 1.165) is 5.56 Å². The summed E-state index contributed by atoms with van der Waals surface area (Å²) in [5, 5.41) is 0. The summed E-state index contributed by atoms with van der Waals surface area (Å²) in [5.74, 6) is -0.476. The molecule has 1 aromatic rings. The number of aryl methyl sites for hydroxylation is 1. The normalized spacial score (nSPS) is 12.2. The van der Waals surface area contributed by atoms with Crippen LogP contribution in [0.25, 0.3) is 0 Å². The van der Waals surface area contributed by atoms with Crippen LogP contribution in [0.1, 0.15) is 11.1 Å². The quantitative estimate of drug-likeness (QED) is 0.757. The fraction of sp³-hybridized carbons (Fsp3) is 0.417. The van der Waals surface area contributed by atoms with Gasteiger partial charge < -0.3 is 10.5 Å². The second kappa shape index (κ2) is 5.51. The van der Waals surface area contributed by atoms with Crippen molar-refractivity contribution < 1.29 is 9.53 Å². The number of carbonyl (C=O) groups is 1. The molecule has 3 nitrogen and oxygen atoms in total. The number of esters is 1. The van der Waals surface area contributed by atoms with E-state index in [9.17, 15) is 4.79 Å². The van der Waals surface area contributed by atoms with E-state index in [1.54, 1.807) is 0 Å². The summed E-state index contributed by atoms with van der Waals surface area (Å²) in [6, 6.07) is 8.09. The maximum atomic E-state index is 11.3. The molecule has 0 aromatic heterocycles. The van der Waals surface area contributed by atoms with Gasteiger partial charge in [-0.15, -0.1) is 0 Å². The maximum absolute atomic E-state index is 11.3. The van der Waals surface area contributed by atoms with Crippen LogP contribution in [-0.2, 0) is 16.0 Å². The highest BCUT2D eigenvalue weighted by Gasteiger charge is 2.17. The summed E-state index contributed by atoms with van der Waals surface area (Å²) >= 11 is 0. The minimum Gasteiger partial charge on any atom is -0.469 e. The van der Waals surface area contributed by atoms with Gasteiger partial charge in [0.25, 0.3) is 0 Å². The second-order valence-corrected chi connectivity index (χ2v) is 3.65. The predicted molar refractivity (Wildman–Crippen MR) is 59.4 cm³/mol. The zero-order valence-corrected chi connectivity index (χ0v) is 9.19. The Kier molecular flexibility index (Phi) is 4.31. The van der Waals surface area contributed by atoms with Gasteiger partial charge in [0.2, 0.25) is 0 Å². The molecule has 0 spiro atoms. The van der Waals surface area contributed by atoms with Crippen molar-refractivity contribution in [2.24, 2.45) is 11.7 Å². The Labute approximate surface area is 90.2 Å². The summed E-state index contributed by atoms with van der Waals surface area (Å²) in [7, 11) is 1.39. The minimum absolute atomic E-state index is 0.238. The average molecular weight is 207 g/mol. The molecule has 2 N–H and O–H groups in total. The number of benzene rings is 1. The van der Waals surface area contributed by atoms with Crippen molar-refractivity contribution in [2.75, 3.05) is 13.7 Å². The fourth-order valence-electron chi connectivity index (χ4n) is 1.44. The van der Waals surface area contributed by atoms with Gasteiger partial charge in [-0.2, -0.15) is 0 Å². The molecule has 3 heteroatoms. The third kappa shape index (κ3) is 3.36. The molecule has 1 atom stereocenters. The first-order chi connectivity index (χ1) is 7.17. The Balaban J connectivity index is 2.66. The van der Waals surface area contributed by atoms with Crippen LogP contribution in [0.4, 0.5) is 0 Å². The van der Waals surface area contributed by atoms with Crippen molar-refractivity contribution >= 4 is 5.97 Å². The second-order valence-electron chi connectivity index (χ2n) is 3.65. The molecule has 0 saturated heterocycles. The van der Waals surface area contributed by atoms with Gasteiger partial charge >= 0.3 is 5.97 Å². The molecule has 0 saturated carbocycles. The number of methoxy groups -OCH3 is 1. The number of hydrogen-bond donors (Lipinski definition) is 1. The first-order valence-corrected chi connectivity index (χ1v) is 5.00. The van der Waals surface area contributed by atoms with Crippen molar-refractivity contribution in [1.29, 1.82) is 0 Å². The summed E-state index contributed by atoms with van der Waals surface area (Å²) in [6.07, 6.45) is 0.642. The lowest BCUT2D eigenvalue weighted by Crippen LogP contribution is -2.26. The van der Waals surface area contributed by atoms with E-state index >= 15 is 0 Å². The molecule has 0 amide bonds. The van der Waals surface area contributed by atoms with Gasteiger partial charge in [-0.3, -0.25) is 4.79 Å². The van der Waals surface area contributed by atoms with E-state index in [1.165, 1.54) is 12.7 Å². The molecule has 0 bridgehead atoms. The Morgan fingerprint density at radius 1 is 1.40 bits per heavy atom. The highest BCUT2D eigenvalue weighted by atomic mass is 16.5. The Hall–Kier alpha value is -1.35. The number of carbonyl (C=O) groups excluding carboxylic acids is 1. The molecule has 1 aromatic carbocycles. The van der Waals surface area contributed by atoms with E-state index in [-0.39, 0.29) is 11.9 Å². The molecule has 0 radical (unpaired) electrons. The summed E-state index contributed by atoms with van der Waals surface area (Å²) in [6.45, 7) is 2.35. The number of nitrogens with two attached hydrogens (primary N) is 1. The Bertz CT molecular complexity index is 319. The molecule has 1 rings (SSSR count). The van der Waals surface area contributed by atoms with Crippen LogP contribution in [0.15, 0.2) is 24.3 Å². The van der Waals surface area contributed by atoms with Gasteiger partial charge in [0.05, 0.1) is 13.0 Å². The maximum Gasteiger partial charge on any atom is 0.310 e. The van der Waals surface area contributed by atoms with Crippen molar-refractivity contribution in [3.05, 3.63) is 35.4 Å². The zero-order chi connectivity index (χ0) is 11.3. The van der Waals surface area contributed by atoms with Crippen molar-refractivity contribution in [1.82, 2.24) is 0 Å². The molecule has 82 valence electrons. The summed E-state index contributed by atoms with van der Waals surface area (Å²) < 4.78 is 4.68. The van der Waals surface area contributed by atoms with Crippen LogP contribution < -0.4 is 5.73 Å². The van der Waals surface area contributed by atoms with Crippen LogP contribution in [0, 0.1) is 12.8 Å². The van der Waals surface area contributed by atoms with Crippen molar-refractivity contribution in [3.63, 3.8) is 0 Å². The zero-order valence-electron chi connectivity index (χ0n) is 9.19. The van der Waals surface area contributed by atoms with E-state index in [1.807, 2.05) is 31.2 Å². The molecule has 0 fully saturated rings. The topological polar surface area (TPSA) is 52.3 Å². The molecule has 1 unspecified atom stereocenters. The smallest absolute Gasteiger partial charge is 0.310 e. The molecular formula is C12H17NO2. The lowest BCUT2D eigenvalue weighted by atomic mass is 9.99. The third-order valence-electron chi connectivity index (χ3n) is 2.42. The standard InChI is InChI=1S/C12H17NO2/c1-9-3-5-10(6-4-9)7-11(8-13)12(14)15-2/h3-6,11H,7-8,13H2,1-2H3. The first-order valence-electron chi connectivity index (χ1n) is 5.00. The SMILES string of the molecule is COC(=O)C(CN)Cc1ccc(C)cc1. The lowest BCUT2D eigenvalue weighted by Gasteiger charge is -2.12. The van der Waals surface area contributed by atoms with E-state index in [0.29, 0.717) is 13.0 Å². The fourth-order valence-corrected chi connectivity index (χ4v) is 1.44. The van der Waals surface area contributed by atoms with Crippen LogP contribution in [0.2, 0.25) is 0 Å². The van der Waals surface area contributed by atoms with E-state index in [2.05, 4.69) is 4.74 Å². The lowest BCUT2D eigenvalue weighted by molar-refractivity contribution is -0.145. The highest BCUT2D eigenvalue weighted by molar-refractivity contribution is 5.72. The van der Waals surface area contributed by atoms with Gasteiger partial charge in [0.1, 0.15) is 0 Å². The van der Waals surface area contributed by atoms with Crippen molar-refractivity contribution in [3.8, 4) is 0 Å². The van der Waals surface area contributed by atoms with Gasteiger partial charge in [-0.05, 0) is 18.9 Å². The minimum atomic E-state index is -0.238. The predicted octanol–water partition coefficient (Wildman–Crippen LogP) is 1.29. The Morgan fingerprint density at radius 3 is 2.47 bits per heavy atom. The highest BCUT2D eigenvalue weighted by Crippen LogP contribution is 2.10. The average Bonchev–Trinajstić information content (AvgIpc) is 2.27. The monoisotopic (exact) mass is 207 g/mol. The molecular weight excluding hydrogens is 190 g/mol. The molecule has 0 aliphatic rings. The van der Waals surface area contributed by atoms with E-state index < -0.39 is 0 Å². The van der Waals surface area contributed by atoms with Gasteiger partial charge in [0, 0.05) is 6.54 Å².